The van der Waals surface area contributed by atoms with Crippen LogP contribution in [0.15, 0.2) is 18.2 Å². The third kappa shape index (κ3) is 3.29. The molecule has 21 heavy (non-hydrogen) atoms. The third-order valence-corrected chi connectivity index (χ3v) is 3.30. The van der Waals surface area contributed by atoms with Gasteiger partial charge < -0.3 is 19.8 Å². The number of aromatic carboxylic acids is 1. The number of anilines is 1. The van der Waals surface area contributed by atoms with Crippen LogP contribution >= 0.6 is 0 Å². The second-order valence-electron chi connectivity index (χ2n) is 4.92. The molecular weight excluding hydrogens is 280 g/mol. The average Bonchev–Trinajstić information content (AvgIpc) is 2.45. The molecule has 1 aliphatic heterocycles. The minimum atomic E-state index is -1.34. The molecule has 1 fully saturated rings. The van der Waals surface area contributed by atoms with Gasteiger partial charge in [0.2, 0.25) is 0 Å². The minimum Gasteiger partial charge on any atom is -0.477 e. The molecule has 2 unspecified atom stereocenters. The summed E-state index contributed by atoms with van der Waals surface area (Å²) in [5.41, 5.74) is -0.227. The molecule has 2 N–H and O–H groups in total. The number of nitrogens with zero attached hydrogens (tertiary/aromatic N) is 2. The summed E-state index contributed by atoms with van der Waals surface area (Å²) in [6, 6.07) is 3.98. The second-order valence-corrected chi connectivity index (χ2v) is 4.92. The Morgan fingerprint density at radius 2 is 2.24 bits per heavy atom. The minimum absolute atomic E-state index is 0.126. The van der Waals surface area contributed by atoms with Gasteiger partial charge in [0.1, 0.15) is 5.56 Å². The Bertz CT molecular complexity index is 562. The first-order chi connectivity index (χ1) is 9.92. The molecule has 8 heteroatoms. The lowest BCUT2D eigenvalue weighted by molar-refractivity contribution is -0.385. The molecule has 114 valence electrons. The van der Waals surface area contributed by atoms with Crippen LogP contribution in [0.1, 0.15) is 17.3 Å². The maximum Gasteiger partial charge on any atom is 0.342 e. The van der Waals surface area contributed by atoms with E-state index in [0.29, 0.717) is 18.8 Å². The number of aliphatic hydroxyl groups is 1. The fourth-order valence-corrected chi connectivity index (χ4v) is 2.41. The number of aliphatic hydroxyl groups excluding tert-OH is 1. The number of nitro benzene ring substituents is 1. The van der Waals surface area contributed by atoms with E-state index in [2.05, 4.69) is 0 Å². The van der Waals surface area contributed by atoms with Crippen LogP contribution in [0, 0.1) is 10.1 Å². The van der Waals surface area contributed by atoms with Crippen molar-refractivity contribution in [3.63, 3.8) is 0 Å². The molecule has 1 aromatic rings. The number of hydrogen-bond donors (Lipinski definition) is 2. The quantitative estimate of drug-likeness (QED) is 0.626. The first-order valence-electron chi connectivity index (χ1n) is 6.45. The maximum atomic E-state index is 11.2. The molecule has 1 aliphatic rings. The highest BCUT2D eigenvalue weighted by Gasteiger charge is 2.27. The fourth-order valence-electron chi connectivity index (χ4n) is 2.41. The van der Waals surface area contributed by atoms with Crippen LogP contribution in [0.25, 0.3) is 0 Å². The van der Waals surface area contributed by atoms with Crippen LogP contribution in [0.3, 0.4) is 0 Å². The normalized spacial score (nSPS) is 22.1. The first kappa shape index (κ1) is 15.2. The predicted molar refractivity (Wildman–Crippen MR) is 73.7 cm³/mol. The molecule has 2 atom stereocenters. The lowest BCUT2D eigenvalue weighted by Crippen LogP contribution is -2.48. The largest absolute Gasteiger partial charge is 0.477 e. The highest BCUT2D eigenvalue weighted by atomic mass is 16.6. The van der Waals surface area contributed by atoms with E-state index in [1.165, 1.54) is 18.2 Å². The molecule has 0 saturated carbocycles. The van der Waals surface area contributed by atoms with Crippen molar-refractivity contribution in [2.45, 2.75) is 19.1 Å². The van der Waals surface area contributed by atoms with Gasteiger partial charge in [0, 0.05) is 24.8 Å². The summed E-state index contributed by atoms with van der Waals surface area (Å²) in [6.07, 6.45) is -0.489. The lowest BCUT2D eigenvalue weighted by atomic mass is 10.1. The summed E-state index contributed by atoms with van der Waals surface area (Å²) in [4.78, 5) is 23.1. The van der Waals surface area contributed by atoms with Gasteiger partial charge in [-0.25, -0.2) is 4.79 Å². The highest BCUT2D eigenvalue weighted by molar-refractivity contribution is 5.93. The van der Waals surface area contributed by atoms with E-state index in [9.17, 15) is 20.0 Å². The van der Waals surface area contributed by atoms with Crippen molar-refractivity contribution < 1.29 is 24.7 Å². The van der Waals surface area contributed by atoms with E-state index in [4.69, 9.17) is 9.84 Å². The molecule has 0 aromatic heterocycles. The van der Waals surface area contributed by atoms with E-state index >= 15 is 0 Å². The molecule has 1 saturated heterocycles. The van der Waals surface area contributed by atoms with Crippen molar-refractivity contribution in [1.29, 1.82) is 0 Å². The molecule has 8 nitrogen and oxygen atoms in total. The van der Waals surface area contributed by atoms with Gasteiger partial charge in [-0.1, -0.05) is 0 Å². The Balaban J connectivity index is 2.33. The van der Waals surface area contributed by atoms with Crippen molar-refractivity contribution in [3.05, 3.63) is 33.9 Å². The van der Waals surface area contributed by atoms with Crippen molar-refractivity contribution in [3.8, 4) is 0 Å². The van der Waals surface area contributed by atoms with E-state index < -0.39 is 16.6 Å². The molecule has 1 aromatic carbocycles. The molecular formula is C13H16N2O6. The van der Waals surface area contributed by atoms with Crippen molar-refractivity contribution >= 4 is 17.3 Å². The second kappa shape index (κ2) is 6.06. The Labute approximate surface area is 120 Å². The molecule has 0 radical (unpaired) electrons. The van der Waals surface area contributed by atoms with Gasteiger partial charge in [-0.3, -0.25) is 10.1 Å². The molecule has 1 heterocycles. The average molecular weight is 296 g/mol. The van der Waals surface area contributed by atoms with Crippen LogP contribution < -0.4 is 4.90 Å². The van der Waals surface area contributed by atoms with Crippen LogP contribution in [-0.2, 0) is 4.74 Å². The topological polar surface area (TPSA) is 113 Å². The number of ether oxygens (including phenoxy) is 1. The summed E-state index contributed by atoms with van der Waals surface area (Å²) in [6.45, 7) is 2.63. The van der Waals surface area contributed by atoms with Gasteiger partial charge in [-0.05, 0) is 19.1 Å². The zero-order valence-electron chi connectivity index (χ0n) is 11.4. The lowest BCUT2D eigenvalue weighted by Gasteiger charge is -2.37. The standard InChI is InChI=1S/C13H16N2O6/c1-8-5-14(6-10(7-16)21-8)9-2-3-12(15(19)20)11(4-9)13(17)18/h2-4,8,10,16H,5-7H2,1H3,(H,17,18). The SMILES string of the molecule is CC1CN(c2ccc([N+](=O)[O-])c(C(=O)O)c2)CC(CO)O1. The summed E-state index contributed by atoms with van der Waals surface area (Å²) >= 11 is 0. The van der Waals surface area contributed by atoms with Crippen molar-refractivity contribution in [2.75, 3.05) is 24.6 Å². The maximum absolute atomic E-state index is 11.2. The smallest absolute Gasteiger partial charge is 0.342 e. The van der Waals surface area contributed by atoms with E-state index in [-0.39, 0.29) is 24.4 Å². The van der Waals surface area contributed by atoms with E-state index in [1.54, 1.807) is 0 Å². The van der Waals surface area contributed by atoms with Gasteiger partial charge >= 0.3 is 5.97 Å². The number of carboxylic acids is 1. The predicted octanol–water partition coefficient (Wildman–Crippen LogP) is 0.879. The van der Waals surface area contributed by atoms with E-state index in [1.807, 2.05) is 11.8 Å². The summed E-state index contributed by atoms with van der Waals surface area (Å²) in [5.74, 6) is -1.34. The Kier molecular flexibility index (Phi) is 4.39. The first-order valence-corrected chi connectivity index (χ1v) is 6.45. The number of morpholine rings is 1. The molecule has 0 amide bonds. The van der Waals surface area contributed by atoms with Gasteiger partial charge in [-0.15, -0.1) is 0 Å². The number of rotatable bonds is 4. The molecule has 0 bridgehead atoms. The number of hydrogen-bond acceptors (Lipinski definition) is 6. The highest BCUT2D eigenvalue weighted by Crippen LogP contribution is 2.27. The van der Waals surface area contributed by atoms with Gasteiger partial charge in [0.25, 0.3) is 5.69 Å². The van der Waals surface area contributed by atoms with Crippen LogP contribution in [0.2, 0.25) is 0 Å². The summed E-state index contributed by atoms with van der Waals surface area (Å²) in [5, 5.41) is 29.1. The van der Waals surface area contributed by atoms with Gasteiger partial charge in [0.15, 0.2) is 0 Å². The van der Waals surface area contributed by atoms with Crippen LogP contribution in [0.5, 0.6) is 0 Å². The Morgan fingerprint density at radius 3 is 2.81 bits per heavy atom. The van der Waals surface area contributed by atoms with Crippen LogP contribution in [-0.4, -0.2) is 53.0 Å². The van der Waals surface area contributed by atoms with E-state index in [0.717, 1.165) is 0 Å². The summed E-state index contributed by atoms with van der Waals surface area (Å²) in [7, 11) is 0. The number of nitro groups is 1. The van der Waals surface area contributed by atoms with Crippen LogP contribution in [0.4, 0.5) is 11.4 Å². The number of carbonyl (C=O) groups is 1. The molecule has 0 aliphatic carbocycles. The van der Waals surface area contributed by atoms with Gasteiger partial charge in [-0.2, -0.15) is 0 Å². The molecule has 0 spiro atoms. The Morgan fingerprint density at radius 1 is 1.52 bits per heavy atom. The van der Waals surface area contributed by atoms with Crippen molar-refractivity contribution in [1.82, 2.24) is 0 Å². The summed E-state index contributed by atoms with van der Waals surface area (Å²) < 4.78 is 5.51. The third-order valence-electron chi connectivity index (χ3n) is 3.30. The zero-order valence-corrected chi connectivity index (χ0v) is 11.4. The molecule has 2 rings (SSSR count). The fraction of sp³-hybridized carbons (Fsp3) is 0.462. The number of carboxylic acid groups (broad SMARTS) is 1. The Hall–Kier alpha value is -2.19. The number of benzene rings is 1. The van der Waals surface area contributed by atoms with Gasteiger partial charge in [0.05, 0.1) is 23.7 Å². The van der Waals surface area contributed by atoms with Crippen molar-refractivity contribution in [2.24, 2.45) is 0 Å². The zero-order chi connectivity index (χ0) is 15.6. The monoisotopic (exact) mass is 296 g/mol.